The molecule has 19 heavy (non-hydrogen) atoms. The Balaban J connectivity index is 2.22. The van der Waals surface area contributed by atoms with Gasteiger partial charge in [-0.05, 0) is 19.4 Å². The lowest BCUT2D eigenvalue weighted by atomic mass is 10.3. The molecule has 0 aliphatic rings. The van der Waals surface area contributed by atoms with Gasteiger partial charge in [0.15, 0.2) is 0 Å². The van der Waals surface area contributed by atoms with Crippen LogP contribution in [0.15, 0.2) is 18.3 Å². The highest BCUT2D eigenvalue weighted by atomic mass is 35.5. The molecule has 0 radical (unpaired) electrons. The average molecular weight is 279 g/mol. The van der Waals surface area contributed by atoms with E-state index in [1.165, 1.54) is 0 Å². The molecule has 2 rings (SSSR count). The molecule has 102 valence electrons. The van der Waals surface area contributed by atoms with Crippen molar-refractivity contribution >= 4 is 17.4 Å². The molecule has 0 amide bonds. The van der Waals surface area contributed by atoms with E-state index in [0.717, 1.165) is 41.0 Å². The van der Waals surface area contributed by atoms with Crippen LogP contribution in [0, 0.1) is 6.92 Å². The Bertz CT molecular complexity index is 577. The zero-order valence-electron chi connectivity index (χ0n) is 11.8. The van der Waals surface area contributed by atoms with Crippen LogP contribution < -0.4 is 4.90 Å². The number of rotatable bonds is 4. The van der Waals surface area contributed by atoms with Crippen molar-refractivity contribution in [1.29, 1.82) is 0 Å². The van der Waals surface area contributed by atoms with E-state index in [0.29, 0.717) is 0 Å². The van der Waals surface area contributed by atoms with Gasteiger partial charge in [0.25, 0.3) is 0 Å². The number of aryl methyl sites for hydroxylation is 3. The van der Waals surface area contributed by atoms with Crippen molar-refractivity contribution in [1.82, 2.24) is 14.5 Å². The number of halogens is 1. The summed E-state index contributed by atoms with van der Waals surface area (Å²) in [6.07, 6.45) is 2.83. The Labute approximate surface area is 119 Å². The van der Waals surface area contributed by atoms with Crippen molar-refractivity contribution in [3.05, 3.63) is 40.6 Å². The molecule has 5 heteroatoms. The van der Waals surface area contributed by atoms with Crippen molar-refractivity contribution in [2.45, 2.75) is 26.8 Å². The highest BCUT2D eigenvalue weighted by Crippen LogP contribution is 2.18. The molecule has 0 spiro atoms. The normalized spacial score (nSPS) is 10.8. The van der Waals surface area contributed by atoms with E-state index in [4.69, 9.17) is 11.6 Å². The van der Waals surface area contributed by atoms with E-state index in [1.54, 1.807) is 0 Å². The van der Waals surface area contributed by atoms with E-state index in [9.17, 15) is 0 Å². The molecule has 0 aromatic carbocycles. The maximum Gasteiger partial charge on any atom is 0.132 e. The first kappa shape index (κ1) is 13.9. The smallest absolute Gasteiger partial charge is 0.132 e. The third-order valence-corrected chi connectivity index (χ3v) is 3.31. The van der Waals surface area contributed by atoms with Gasteiger partial charge >= 0.3 is 0 Å². The summed E-state index contributed by atoms with van der Waals surface area (Å²) in [5.41, 5.74) is 2.22. The molecule has 0 aliphatic carbocycles. The van der Waals surface area contributed by atoms with Crippen LogP contribution >= 0.6 is 11.6 Å². The van der Waals surface area contributed by atoms with Gasteiger partial charge < -0.3 is 9.47 Å². The van der Waals surface area contributed by atoms with Crippen LogP contribution in [-0.4, -0.2) is 21.6 Å². The number of anilines is 1. The molecule has 0 N–H and O–H groups in total. The zero-order valence-corrected chi connectivity index (χ0v) is 12.6. The van der Waals surface area contributed by atoms with E-state index >= 15 is 0 Å². The highest BCUT2D eigenvalue weighted by molar-refractivity contribution is 6.30. The Hall–Kier alpha value is -1.55. The van der Waals surface area contributed by atoms with Crippen LogP contribution in [0.3, 0.4) is 0 Å². The molecular formula is C14H19ClN4. The van der Waals surface area contributed by atoms with Gasteiger partial charge in [-0.1, -0.05) is 18.5 Å². The van der Waals surface area contributed by atoms with Crippen molar-refractivity contribution in [3.63, 3.8) is 0 Å². The second-order valence-electron chi connectivity index (χ2n) is 4.73. The predicted octanol–water partition coefficient (Wildman–Crippen LogP) is 2.98. The van der Waals surface area contributed by atoms with E-state index in [1.807, 2.05) is 43.9 Å². The van der Waals surface area contributed by atoms with E-state index < -0.39 is 0 Å². The van der Waals surface area contributed by atoms with Crippen LogP contribution in [-0.2, 0) is 20.0 Å². The fraction of sp³-hybridized carbons (Fsp3) is 0.429. The summed E-state index contributed by atoms with van der Waals surface area (Å²) in [5.74, 6) is 1.76. The van der Waals surface area contributed by atoms with Crippen LogP contribution in [0.2, 0.25) is 5.02 Å². The minimum absolute atomic E-state index is 0.763. The van der Waals surface area contributed by atoms with Gasteiger partial charge in [0.2, 0.25) is 0 Å². The van der Waals surface area contributed by atoms with Crippen molar-refractivity contribution in [2.75, 3.05) is 11.9 Å². The van der Waals surface area contributed by atoms with Crippen molar-refractivity contribution < 1.29 is 0 Å². The molecule has 2 aromatic rings. The summed E-state index contributed by atoms with van der Waals surface area (Å²) in [5, 5.41) is 0.763. The topological polar surface area (TPSA) is 34.0 Å². The Morgan fingerprint density at radius 3 is 2.63 bits per heavy atom. The largest absolute Gasteiger partial charge is 0.354 e. The second-order valence-corrected chi connectivity index (χ2v) is 5.17. The van der Waals surface area contributed by atoms with Gasteiger partial charge in [-0.15, -0.1) is 0 Å². The zero-order chi connectivity index (χ0) is 14.0. The van der Waals surface area contributed by atoms with Crippen LogP contribution in [0.5, 0.6) is 0 Å². The third-order valence-electron chi connectivity index (χ3n) is 3.10. The molecule has 0 saturated carbocycles. The van der Waals surface area contributed by atoms with Gasteiger partial charge in [-0.3, -0.25) is 0 Å². The highest BCUT2D eigenvalue weighted by Gasteiger charge is 2.09. The van der Waals surface area contributed by atoms with Gasteiger partial charge in [0, 0.05) is 37.7 Å². The monoisotopic (exact) mass is 278 g/mol. The quantitative estimate of drug-likeness (QED) is 0.862. The molecule has 4 nitrogen and oxygen atoms in total. The van der Waals surface area contributed by atoms with Crippen molar-refractivity contribution in [2.24, 2.45) is 7.05 Å². The Morgan fingerprint density at radius 2 is 2.05 bits per heavy atom. The number of hydrogen-bond acceptors (Lipinski definition) is 3. The fourth-order valence-corrected chi connectivity index (χ4v) is 2.31. The summed E-state index contributed by atoms with van der Waals surface area (Å²) in [7, 11) is 4.03. The number of nitrogens with zero attached hydrogens (tertiary/aromatic N) is 4. The molecule has 0 atom stereocenters. The summed E-state index contributed by atoms with van der Waals surface area (Å²) < 4.78 is 2.04. The minimum atomic E-state index is 0.763. The van der Waals surface area contributed by atoms with E-state index in [2.05, 4.69) is 21.8 Å². The van der Waals surface area contributed by atoms with Crippen LogP contribution in [0.25, 0.3) is 0 Å². The molecule has 0 bridgehead atoms. The SMILES string of the molecule is CCc1cc(N(C)Cc2cc(Cl)cn2C)nc(C)n1. The average Bonchev–Trinajstić information content (AvgIpc) is 2.67. The summed E-state index contributed by atoms with van der Waals surface area (Å²) in [6, 6.07) is 4.02. The fourth-order valence-electron chi connectivity index (χ4n) is 2.04. The molecule has 0 aliphatic heterocycles. The summed E-state index contributed by atoms with van der Waals surface area (Å²) in [4.78, 5) is 11.0. The summed E-state index contributed by atoms with van der Waals surface area (Å²) >= 11 is 6.00. The van der Waals surface area contributed by atoms with Gasteiger partial charge in [0.05, 0.1) is 11.6 Å². The number of hydrogen-bond donors (Lipinski definition) is 0. The van der Waals surface area contributed by atoms with Gasteiger partial charge in [-0.2, -0.15) is 0 Å². The third kappa shape index (κ3) is 3.26. The van der Waals surface area contributed by atoms with E-state index in [-0.39, 0.29) is 0 Å². The lowest BCUT2D eigenvalue weighted by Gasteiger charge is -2.19. The molecule has 0 fully saturated rings. The maximum atomic E-state index is 6.00. The Kier molecular flexibility index (Phi) is 4.10. The first-order valence-electron chi connectivity index (χ1n) is 6.36. The lowest BCUT2D eigenvalue weighted by Crippen LogP contribution is -2.20. The van der Waals surface area contributed by atoms with Gasteiger partial charge in [-0.25, -0.2) is 9.97 Å². The molecule has 0 saturated heterocycles. The molecule has 2 aromatic heterocycles. The molecule has 0 unspecified atom stereocenters. The van der Waals surface area contributed by atoms with Crippen molar-refractivity contribution in [3.8, 4) is 0 Å². The second kappa shape index (κ2) is 5.61. The maximum absolute atomic E-state index is 6.00. The minimum Gasteiger partial charge on any atom is -0.354 e. The molecular weight excluding hydrogens is 260 g/mol. The molecule has 2 heterocycles. The number of aromatic nitrogens is 3. The Morgan fingerprint density at radius 1 is 1.32 bits per heavy atom. The first-order chi connectivity index (χ1) is 8.99. The first-order valence-corrected chi connectivity index (χ1v) is 6.74. The van der Waals surface area contributed by atoms with Crippen LogP contribution in [0.4, 0.5) is 5.82 Å². The summed E-state index contributed by atoms with van der Waals surface area (Å²) in [6.45, 7) is 4.79. The standard InChI is InChI=1S/C14H19ClN4/c1-5-12-7-14(17-10(2)16-12)19(4)9-13-6-11(15)8-18(13)3/h6-8H,5,9H2,1-4H3. The van der Waals surface area contributed by atoms with Crippen LogP contribution in [0.1, 0.15) is 24.1 Å². The lowest BCUT2D eigenvalue weighted by molar-refractivity contribution is 0.776. The predicted molar refractivity (Wildman–Crippen MR) is 78.7 cm³/mol. The van der Waals surface area contributed by atoms with Gasteiger partial charge in [0.1, 0.15) is 11.6 Å².